The summed E-state index contributed by atoms with van der Waals surface area (Å²) in [6, 6.07) is 23.4. The molecule has 0 aliphatic rings. The molecule has 0 atom stereocenters. The van der Waals surface area contributed by atoms with Gasteiger partial charge in [-0.25, -0.2) is 4.79 Å². The third-order valence-corrected chi connectivity index (χ3v) is 5.95. The lowest BCUT2D eigenvalue weighted by Gasteiger charge is -2.15. The first-order valence-corrected chi connectivity index (χ1v) is 12.7. The Morgan fingerprint density at radius 2 is 1.32 bits per heavy atom. The van der Waals surface area contributed by atoms with E-state index in [9.17, 15) is 14.4 Å². The Hall–Kier alpha value is -4.13. The van der Waals surface area contributed by atoms with Crippen molar-refractivity contribution in [3.05, 3.63) is 95.6 Å². The molecule has 3 aromatic rings. The van der Waals surface area contributed by atoms with Crippen molar-refractivity contribution in [3.63, 3.8) is 0 Å². The van der Waals surface area contributed by atoms with E-state index in [1.807, 2.05) is 42.5 Å². The smallest absolute Gasteiger partial charge is 0.412 e. The third-order valence-electron chi connectivity index (χ3n) is 5.95. The van der Waals surface area contributed by atoms with E-state index in [-0.39, 0.29) is 24.3 Å². The van der Waals surface area contributed by atoms with Gasteiger partial charge in [0.2, 0.25) is 5.91 Å². The molecule has 7 heteroatoms. The van der Waals surface area contributed by atoms with Crippen LogP contribution in [0.5, 0.6) is 0 Å². The summed E-state index contributed by atoms with van der Waals surface area (Å²) in [5.41, 5.74) is 3.15. The molecule has 194 valence electrons. The summed E-state index contributed by atoms with van der Waals surface area (Å²) in [5.74, 6) is -0.185. The van der Waals surface area contributed by atoms with Gasteiger partial charge in [-0.2, -0.15) is 0 Å². The molecule has 3 aromatic carbocycles. The number of para-hydroxylation sites is 2. The molecular weight excluding hydrogens is 466 g/mol. The second-order valence-electron chi connectivity index (χ2n) is 8.88. The summed E-state index contributed by atoms with van der Waals surface area (Å²) in [5, 5.41) is 8.54. The van der Waals surface area contributed by atoms with Crippen LogP contribution in [0, 0.1) is 5.92 Å². The molecular formula is C30H35N3O4. The highest BCUT2D eigenvalue weighted by molar-refractivity contribution is 6.06. The van der Waals surface area contributed by atoms with Gasteiger partial charge in [-0.1, -0.05) is 81.3 Å². The number of hydrogen-bond donors (Lipinski definition) is 3. The van der Waals surface area contributed by atoms with E-state index in [1.165, 1.54) is 0 Å². The van der Waals surface area contributed by atoms with Crippen LogP contribution in [0.4, 0.5) is 16.2 Å². The average molecular weight is 502 g/mol. The molecule has 7 nitrogen and oxygen atoms in total. The van der Waals surface area contributed by atoms with Gasteiger partial charge in [0.05, 0.1) is 11.4 Å². The topological polar surface area (TPSA) is 96.5 Å². The quantitative estimate of drug-likeness (QED) is 0.263. The SMILES string of the molecule is CCCC(CCC)C(=O)NCc1ccc(C(=O)Nc2ccccc2NC(=O)OCc2ccccc2)cc1. The van der Waals surface area contributed by atoms with E-state index in [0.717, 1.165) is 36.8 Å². The van der Waals surface area contributed by atoms with Crippen LogP contribution < -0.4 is 16.0 Å². The first kappa shape index (κ1) is 27.5. The van der Waals surface area contributed by atoms with Crippen LogP contribution in [0.3, 0.4) is 0 Å². The molecule has 0 unspecified atom stereocenters. The molecule has 0 bridgehead atoms. The lowest BCUT2D eigenvalue weighted by atomic mass is 9.97. The molecule has 3 amide bonds. The predicted molar refractivity (Wildman–Crippen MR) is 146 cm³/mol. The molecule has 3 rings (SSSR count). The van der Waals surface area contributed by atoms with Crippen LogP contribution >= 0.6 is 0 Å². The van der Waals surface area contributed by atoms with Gasteiger partial charge in [0, 0.05) is 18.0 Å². The van der Waals surface area contributed by atoms with E-state index in [0.29, 0.717) is 23.5 Å². The van der Waals surface area contributed by atoms with E-state index in [1.54, 1.807) is 36.4 Å². The monoisotopic (exact) mass is 501 g/mol. The van der Waals surface area contributed by atoms with Gasteiger partial charge >= 0.3 is 6.09 Å². The van der Waals surface area contributed by atoms with Crippen molar-refractivity contribution in [2.45, 2.75) is 52.7 Å². The van der Waals surface area contributed by atoms with Crippen molar-refractivity contribution in [2.75, 3.05) is 10.6 Å². The predicted octanol–water partition coefficient (Wildman–Crippen LogP) is 6.52. The Morgan fingerprint density at radius 3 is 1.95 bits per heavy atom. The minimum absolute atomic E-state index is 0.0457. The van der Waals surface area contributed by atoms with E-state index >= 15 is 0 Å². The van der Waals surface area contributed by atoms with Crippen LogP contribution in [0.2, 0.25) is 0 Å². The zero-order valence-electron chi connectivity index (χ0n) is 21.5. The summed E-state index contributed by atoms with van der Waals surface area (Å²) in [7, 11) is 0. The number of carbonyl (C=O) groups is 3. The maximum Gasteiger partial charge on any atom is 0.412 e. The molecule has 0 heterocycles. The number of ether oxygens (including phenoxy) is 1. The minimum Gasteiger partial charge on any atom is -0.444 e. The zero-order chi connectivity index (χ0) is 26.5. The summed E-state index contributed by atoms with van der Waals surface area (Å²) in [6.45, 7) is 4.74. The van der Waals surface area contributed by atoms with Gasteiger partial charge in [0.15, 0.2) is 0 Å². The van der Waals surface area contributed by atoms with Gasteiger partial charge in [-0.05, 0) is 48.2 Å². The van der Waals surface area contributed by atoms with Crippen LogP contribution in [0.1, 0.15) is 61.0 Å². The number of hydrogen-bond acceptors (Lipinski definition) is 4. The fourth-order valence-electron chi connectivity index (χ4n) is 3.98. The second-order valence-corrected chi connectivity index (χ2v) is 8.88. The van der Waals surface area contributed by atoms with Crippen LogP contribution in [0.15, 0.2) is 78.9 Å². The molecule has 0 aliphatic heterocycles. The molecule has 0 saturated carbocycles. The van der Waals surface area contributed by atoms with Gasteiger partial charge in [-0.15, -0.1) is 0 Å². The highest BCUT2D eigenvalue weighted by atomic mass is 16.5. The summed E-state index contributed by atoms with van der Waals surface area (Å²) >= 11 is 0. The van der Waals surface area contributed by atoms with Gasteiger partial charge in [0.1, 0.15) is 6.61 Å². The Morgan fingerprint density at radius 1 is 0.730 bits per heavy atom. The maximum atomic E-state index is 12.8. The van der Waals surface area contributed by atoms with Crippen LogP contribution in [-0.2, 0) is 22.7 Å². The standard InChI is InChI=1S/C30H35N3O4/c1-3-10-24(11-4-2)28(34)31-20-22-16-18-25(19-17-22)29(35)32-26-14-8-9-15-27(26)33-30(36)37-21-23-12-6-5-7-13-23/h5-9,12-19,24H,3-4,10-11,20-21H2,1-2H3,(H,31,34)(H,32,35)(H,33,36). The Balaban J connectivity index is 1.54. The van der Waals surface area contributed by atoms with Crippen molar-refractivity contribution in [1.82, 2.24) is 5.32 Å². The van der Waals surface area contributed by atoms with E-state index < -0.39 is 6.09 Å². The fourth-order valence-corrected chi connectivity index (χ4v) is 3.98. The zero-order valence-corrected chi connectivity index (χ0v) is 21.5. The summed E-state index contributed by atoms with van der Waals surface area (Å²) in [6.07, 6.45) is 3.13. The van der Waals surface area contributed by atoms with Crippen molar-refractivity contribution in [3.8, 4) is 0 Å². The van der Waals surface area contributed by atoms with Gasteiger partial charge in [0.25, 0.3) is 5.91 Å². The van der Waals surface area contributed by atoms with Gasteiger partial charge in [-0.3, -0.25) is 14.9 Å². The van der Waals surface area contributed by atoms with Crippen molar-refractivity contribution >= 4 is 29.3 Å². The third kappa shape index (κ3) is 8.79. The summed E-state index contributed by atoms with van der Waals surface area (Å²) < 4.78 is 5.28. The fraction of sp³-hybridized carbons (Fsp3) is 0.300. The largest absolute Gasteiger partial charge is 0.444 e. The Bertz CT molecular complexity index is 1160. The lowest BCUT2D eigenvalue weighted by molar-refractivity contribution is -0.125. The maximum absolute atomic E-state index is 12.8. The molecule has 0 radical (unpaired) electrons. The van der Waals surface area contributed by atoms with Crippen molar-refractivity contribution < 1.29 is 19.1 Å². The number of benzene rings is 3. The average Bonchev–Trinajstić information content (AvgIpc) is 2.92. The molecule has 0 spiro atoms. The normalized spacial score (nSPS) is 10.6. The highest BCUT2D eigenvalue weighted by Gasteiger charge is 2.16. The minimum atomic E-state index is -0.614. The van der Waals surface area contributed by atoms with Gasteiger partial charge < -0.3 is 15.4 Å². The molecule has 3 N–H and O–H groups in total. The molecule has 0 fully saturated rings. The summed E-state index contributed by atoms with van der Waals surface area (Å²) in [4.78, 5) is 37.6. The number of carbonyl (C=O) groups excluding carboxylic acids is 3. The van der Waals surface area contributed by atoms with E-state index in [2.05, 4.69) is 29.8 Å². The molecule has 0 aromatic heterocycles. The number of amides is 3. The molecule has 0 aliphatic carbocycles. The number of rotatable bonds is 12. The Kier molecular flexibility index (Phi) is 10.7. The number of nitrogens with one attached hydrogen (secondary N) is 3. The Labute approximate surface area is 218 Å². The highest BCUT2D eigenvalue weighted by Crippen LogP contribution is 2.22. The van der Waals surface area contributed by atoms with Crippen molar-refractivity contribution in [1.29, 1.82) is 0 Å². The molecule has 37 heavy (non-hydrogen) atoms. The number of anilines is 2. The van der Waals surface area contributed by atoms with Crippen LogP contribution in [-0.4, -0.2) is 17.9 Å². The van der Waals surface area contributed by atoms with E-state index in [4.69, 9.17) is 4.74 Å². The first-order chi connectivity index (χ1) is 18.0. The lowest BCUT2D eigenvalue weighted by Crippen LogP contribution is -2.30. The second kappa shape index (κ2) is 14.4. The van der Waals surface area contributed by atoms with Crippen molar-refractivity contribution in [2.24, 2.45) is 5.92 Å². The first-order valence-electron chi connectivity index (χ1n) is 12.7. The molecule has 0 saturated heterocycles. The van der Waals surface area contributed by atoms with Crippen LogP contribution in [0.25, 0.3) is 0 Å².